The lowest BCUT2D eigenvalue weighted by molar-refractivity contribution is 0.0933. The smallest absolute Gasteiger partial charge is 0.272 e. The van der Waals surface area contributed by atoms with E-state index in [-0.39, 0.29) is 35.2 Å². The van der Waals surface area contributed by atoms with Crippen LogP contribution in [-0.4, -0.2) is 35.6 Å². The molecule has 0 bridgehead atoms. The maximum absolute atomic E-state index is 12.9. The fraction of sp³-hybridized carbons (Fsp3) is 0.304. The second kappa shape index (κ2) is 8.07. The number of sulfone groups is 1. The molecule has 2 heterocycles. The van der Waals surface area contributed by atoms with Gasteiger partial charge >= 0.3 is 0 Å². The Morgan fingerprint density at radius 3 is 2.47 bits per heavy atom. The van der Waals surface area contributed by atoms with Crippen LogP contribution in [0.2, 0.25) is 0 Å². The maximum Gasteiger partial charge on any atom is 0.272 e. The third-order valence-corrected chi connectivity index (χ3v) is 7.27. The van der Waals surface area contributed by atoms with Gasteiger partial charge in [-0.15, -0.1) is 0 Å². The van der Waals surface area contributed by atoms with E-state index < -0.39 is 9.84 Å². The molecule has 0 unspecified atom stereocenters. The van der Waals surface area contributed by atoms with Gasteiger partial charge in [0, 0.05) is 0 Å². The highest BCUT2D eigenvalue weighted by atomic mass is 32.2. The number of nitrogens with one attached hydrogen (secondary N) is 1. The molecule has 1 fully saturated rings. The Morgan fingerprint density at radius 2 is 1.83 bits per heavy atom. The first kappa shape index (κ1) is 20.3. The van der Waals surface area contributed by atoms with E-state index in [1.54, 1.807) is 10.7 Å². The summed E-state index contributed by atoms with van der Waals surface area (Å²) in [6.07, 6.45) is 0.504. The molecule has 2 atom stereocenters. The predicted octanol–water partition coefficient (Wildman–Crippen LogP) is 3.71. The van der Waals surface area contributed by atoms with E-state index in [0.29, 0.717) is 6.42 Å². The average Bonchev–Trinajstić information content (AvgIpc) is 3.32. The van der Waals surface area contributed by atoms with Crippen LogP contribution in [0.3, 0.4) is 0 Å². The number of aryl methyl sites for hydroxylation is 1. The third kappa shape index (κ3) is 4.31. The average molecular weight is 424 g/mol. The monoisotopic (exact) mass is 423 g/mol. The molecule has 4 rings (SSSR count). The van der Waals surface area contributed by atoms with Crippen molar-refractivity contribution < 1.29 is 13.2 Å². The molecule has 30 heavy (non-hydrogen) atoms. The Labute approximate surface area is 176 Å². The number of aromatic nitrogens is 2. The Balaban J connectivity index is 1.66. The van der Waals surface area contributed by atoms with Crippen molar-refractivity contribution in [3.05, 3.63) is 77.5 Å². The summed E-state index contributed by atoms with van der Waals surface area (Å²) in [5.41, 5.74) is 4.09. The van der Waals surface area contributed by atoms with Crippen molar-refractivity contribution in [2.24, 2.45) is 0 Å². The maximum atomic E-state index is 12.9. The second-order valence-electron chi connectivity index (χ2n) is 7.89. The fourth-order valence-electron chi connectivity index (χ4n) is 3.79. The lowest BCUT2D eigenvalue weighted by Crippen LogP contribution is -2.27. The zero-order valence-electron chi connectivity index (χ0n) is 17.1. The molecule has 156 valence electrons. The van der Waals surface area contributed by atoms with Crippen molar-refractivity contribution in [1.82, 2.24) is 15.1 Å². The van der Waals surface area contributed by atoms with Crippen LogP contribution in [0.15, 0.2) is 60.7 Å². The van der Waals surface area contributed by atoms with E-state index >= 15 is 0 Å². The number of carbonyl (C=O) groups is 1. The normalized spacial score (nSPS) is 18.8. The van der Waals surface area contributed by atoms with E-state index in [0.717, 1.165) is 22.4 Å². The molecule has 0 spiro atoms. The summed E-state index contributed by atoms with van der Waals surface area (Å²) in [4.78, 5) is 12.9. The predicted molar refractivity (Wildman–Crippen MR) is 117 cm³/mol. The van der Waals surface area contributed by atoms with Gasteiger partial charge in [-0.1, -0.05) is 60.2 Å². The molecule has 1 aliphatic rings. The van der Waals surface area contributed by atoms with Crippen molar-refractivity contribution in [1.29, 1.82) is 0 Å². The van der Waals surface area contributed by atoms with E-state index in [2.05, 4.69) is 10.4 Å². The zero-order chi connectivity index (χ0) is 21.3. The molecule has 0 aliphatic carbocycles. The first-order valence-corrected chi connectivity index (χ1v) is 11.9. The molecule has 1 saturated heterocycles. The molecule has 1 aromatic heterocycles. The largest absolute Gasteiger partial charge is 0.344 e. The molecule has 0 saturated carbocycles. The minimum atomic E-state index is -3.08. The molecule has 2 aromatic carbocycles. The zero-order valence-corrected chi connectivity index (χ0v) is 17.9. The first-order valence-electron chi connectivity index (χ1n) is 10.1. The van der Waals surface area contributed by atoms with Crippen LogP contribution in [0, 0.1) is 6.92 Å². The molecular formula is C23H25N3O3S. The minimum Gasteiger partial charge on any atom is -0.344 e. The van der Waals surface area contributed by atoms with E-state index in [1.165, 1.54) is 0 Å². The molecule has 1 aliphatic heterocycles. The summed E-state index contributed by atoms with van der Waals surface area (Å²) in [5, 5.41) is 7.53. The summed E-state index contributed by atoms with van der Waals surface area (Å²) in [5.74, 6) is -0.0776. The van der Waals surface area contributed by atoms with Crippen LogP contribution < -0.4 is 5.32 Å². The van der Waals surface area contributed by atoms with Gasteiger partial charge in [-0.25, -0.2) is 8.42 Å². The highest BCUT2D eigenvalue weighted by Crippen LogP contribution is 2.30. The standard InChI is InChI=1S/C23H25N3O3S/c1-16-8-10-19(11-9-16)22-14-21(25-26(22)20-12-13-30(28,29)15-20)23(27)24-17(2)18-6-4-3-5-7-18/h3-11,14,17,20H,12-13,15H2,1-2H3,(H,24,27)/t17-,20+/m0/s1. The van der Waals surface area contributed by atoms with Crippen LogP contribution in [0.1, 0.15) is 47.0 Å². The van der Waals surface area contributed by atoms with Crippen molar-refractivity contribution in [2.45, 2.75) is 32.4 Å². The van der Waals surface area contributed by atoms with Crippen LogP contribution in [0.4, 0.5) is 0 Å². The Morgan fingerprint density at radius 1 is 1.13 bits per heavy atom. The van der Waals surface area contributed by atoms with Crippen LogP contribution >= 0.6 is 0 Å². The van der Waals surface area contributed by atoms with Crippen molar-refractivity contribution in [2.75, 3.05) is 11.5 Å². The number of rotatable bonds is 5. The van der Waals surface area contributed by atoms with E-state index in [9.17, 15) is 13.2 Å². The van der Waals surface area contributed by atoms with Crippen LogP contribution in [0.5, 0.6) is 0 Å². The lowest BCUT2D eigenvalue weighted by atomic mass is 10.1. The Bertz CT molecular complexity index is 1150. The lowest BCUT2D eigenvalue weighted by Gasteiger charge is -2.14. The molecule has 1 amide bonds. The molecule has 3 aromatic rings. The number of amides is 1. The summed E-state index contributed by atoms with van der Waals surface area (Å²) in [7, 11) is -3.08. The first-order chi connectivity index (χ1) is 14.3. The van der Waals surface area contributed by atoms with Crippen molar-refractivity contribution in [3.8, 4) is 11.3 Å². The topological polar surface area (TPSA) is 81.1 Å². The minimum absolute atomic E-state index is 0.0506. The quantitative estimate of drug-likeness (QED) is 0.678. The van der Waals surface area contributed by atoms with Crippen molar-refractivity contribution in [3.63, 3.8) is 0 Å². The Hall–Kier alpha value is -2.93. The molecule has 6 nitrogen and oxygen atoms in total. The van der Waals surface area contributed by atoms with E-state index in [4.69, 9.17) is 0 Å². The van der Waals surface area contributed by atoms with Gasteiger partial charge in [-0.2, -0.15) is 5.10 Å². The Kier molecular flexibility index (Phi) is 5.47. The van der Waals surface area contributed by atoms with E-state index in [1.807, 2.05) is 68.4 Å². The summed E-state index contributed by atoms with van der Waals surface area (Å²) >= 11 is 0. The van der Waals surface area contributed by atoms with Gasteiger partial charge < -0.3 is 5.32 Å². The molecule has 0 radical (unpaired) electrons. The van der Waals surface area contributed by atoms with Gasteiger partial charge in [0.2, 0.25) is 0 Å². The summed E-state index contributed by atoms with van der Waals surface area (Å²) in [6.45, 7) is 3.93. The van der Waals surface area contributed by atoms with Gasteiger partial charge in [0.1, 0.15) is 0 Å². The number of hydrogen-bond donors (Lipinski definition) is 1. The van der Waals surface area contributed by atoms with Gasteiger partial charge in [0.05, 0.1) is 29.3 Å². The van der Waals surface area contributed by atoms with Gasteiger partial charge in [-0.3, -0.25) is 9.48 Å². The summed E-state index contributed by atoms with van der Waals surface area (Å²) in [6, 6.07) is 19.0. The van der Waals surface area contributed by atoms with Crippen molar-refractivity contribution >= 4 is 15.7 Å². The SMILES string of the molecule is Cc1ccc(-c2cc(C(=O)N[C@@H](C)c3ccccc3)nn2[C@@H]2CCS(=O)(=O)C2)cc1. The number of nitrogens with zero attached hydrogens (tertiary/aromatic N) is 2. The van der Waals surface area contributed by atoms with Gasteiger partial charge in [-0.05, 0) is 37.5 Å². The molecule has 1 N–H and O–H groups in total. The molecular weight excluding hydrogens is 398 g/mol. The highest BCUT2D eigenvalue weighted by molar-refractivity contribution is 7.91. The summed E-state index contributed by atoms with van der Waals surface area (Å²) < 4.78 is 25.8. The third-order valence-electron chi connectivity index (χ3n) is 5.52. The number of hydrogen-bond acceptors (Lipinski definition) is 4. The highest BCUT2D eigenvalue weighted by Gasteiger charge is 2.32. The number of benzene rings is 2. The van der Waals surface area contributed by atoms with Gasteiger partial charge in [0.25, 0.3) is 5.91 Å². The molecule has 7 heteroatoms. The second-order valence-corrected chi connectivity index (χ2v) is 10.1. The van der Waals surface area contributed by atoms with Crippen LogP contribution in [0.25, 0.3) is 11.3 Å². The number of carbonyl (C=O) groups excluding carboxylic acids is 1. The van der Waals surface area contributed by atoms with Gasteiger partial charge in [0.15, 0.2) is 15.5 Å². The fourth-order valence-corrected chi connectivity index (χ4v) is 5.48. The van der Waals surface area contributed by atoms with Crippen LogP contribution in [-0.2, 0) is 9.84 Å².